The lowest BCUT2D eigenvalue weighted by atomic mass is 10.4. The van der Waals surface area contributed by atoms with E-state index in [1.165, 1.54) is 0 Å². The summed E-state index contributed by atoms with van der Waals surface area (Å²) in [5.74, 6) is 1.20. The van der Waals surface area contributed by atoms with Crippen LogP contribution >= 0.6 is 0 Å². The fourth-order valence-corrected chi connectivity index (χ4v) is 4.16. The molecule has 0 aliphatic carbocycles. The molecule has 2 heterocycles. The van der Waals surface area contributed by atoms with Crippen LogP contribution < -0.4 is 15.4 Å². The van der Waals surface area contributed by atoms with Crippen molar-refractivity contribution in [2.75, 3.05) is 30.3 Å². The Labute approximate surface area is 154 Å². The molecule has 26 heavy (non-hydrogen) atoms. The van der Waals surface area contributed by atoms with Gasteiger partial charge in [0.15, 0.2) is 0 Å². The van der Waals surface area contributed by atoms with Gasteiger partial charge in [-0.15, -0.1) is 0 Å². The highest BCUT2D eigenvalue weighted by Gasteiger charge is 2.23. The van der Waals surface area contributed by atoms with Crippen LogP contribution in [0.4, 0.5) is 11.8 Å². The van der Waals surface area contributed by atoms with Gasteiger partial charge in [-0.05, 0) is 34.6 Å². The molecule has 0 radical (unpaired) electrons. The van der Waals surface area contributed by atoms with Crippen LogP contribution in [0.15, 0.2) is 11.0 Å². The third kappa shape index (κ3) is 4.70. The molecule has 0 atom stereocenters. The van der Waals surface area contributed by atoms with Crippen molar-refractivity contribution in [3.8, 4) is 0 Å². The predicted octanol–water partition coefficient (Wildman–Crippen LogP) is 1.44. The minimum atomic E-state index is -3.61. The van der Waals surface area contributed by atoms with E-state index in [9.17, 15) is 8.42 Å². The molecule has 3 N–H and O–H groups in total. The average molecular weight is 382 g/mol. The first-order valence-corrected chi connectivity index (χ1v) is 10.1. The number of sulfonamides is 1. The fourth-order valence-electron chi connectivity index (χ4n) is 2.72. The summed E-state index contributed by atoms with van der Waals surface area (Å²) in [7, 11) is -3.61. The molecule has 0 aliphatic heterocycles. The van der Waals surface area contributed by atoms with Gasteiger partial charge >= 0.3 is 0 Å². The highest BCUT2D eigenvalue weighted by Crippen LogP contribution is 2.19. The van der Waals surface area contributed by atoms with E-state index in [4.69, 9.17) is 0 Å². The number of aromatic nitrogens is 4. The number of aryl methyl sites for hydroxylation is 3. The normalized spacial score (nSPS) is 11.6. The molecular formula is C16H27N7O2S. The molecule has 9 nitrogen and oxygen atoms in total. The summed E-state index contributed by atoms with van der Waals surface area (Å²) in [4.78, 5) is 8.87. The average Bonchev–Trinajstić information content (AvgIpc) is 2.86. The van der Waals surface area contributed by atoms with E-state index in [1.807, 2.05) is 26.8 Å². The molecule has 0 amide bonds. The van der Waals surface area contributed by atoms with Crippen LogP contribution in [0.5, 0.6) is 0 Å². The van der Waals surface area contributed by atoms with E-state index in [0.29, 0.717) is 36.2 Å². The van der Waals surface area contributed by atoms with E-state index >= 15 is 0 Å². The molecule has 0 bridgehead atoms. The van der Waals surface area contributed by atoms with Crippen molar-refractivity contribution in [2.24, 2.45) is 0 Å². The topological polar surface area (TPSA) is 114 Å². The van der Waals surface area contributed by atoms with Gasteiger partial charge in [-0.3, -0.25) is 4.68 Å². The molecule has 0 saturated heterocycles. The zero-order valence-corrected chi connectivity index (χ0v) is 16.7. The first-order valence-electron chi connectivity index (χ1n) is 8.65. The van der Waals surface area contributed by atoms with Gasteiger partial charge in [-0.1, -0.05) is 0 Å². The summed E-state index contributed by atoms with van der Waals surface area (Å²) in [5.41, 5.74) is 1.98. The number of nitrogens with one attached hydrogen (secondary N) is 3. The number of anilines is 2. The minimum absolute atomic E-state index is 0.234. The minimum Gasteiger partial charge on any atom is -0.369 e. The molecule has 2 aromatic heterocycles. The van der Waals surface area contributed by atoms with Crippen LogP contribution in [-0.4, -0.2) is 47.8 Å². The number of hydrogen-bond donors (Lipinski definition) is 3. The Kier molecular flexibility index (Phi) is 6.54. The van der Waals surface area contributed by atoms with Crippen molar-refractivity contribution in [1.82, 2.24) is 24.5 Å². The first-order chi connectivity index (χ1) is 12.3. The second-order valence-electron chi connectivity index (χ2n) is 5.89. The van der Waals surface area contributed by atoms with Crippen molar-refractivity contribution in [3.63, 3.8) is 0 Å². The van der Waals surface area contributed by atoms with Crippen LogP contribution in [0.25, 0.3) is 0 Å². The molecule has 0 fully saturated rings. The summed E-state index contributed by atoms with van der Waals surface area (Å²) >= 11 is 0. The Balaban J connectivity index is 1.98. The van der Waals surface area contributed by atoms with Crippen LogP contribution in [-0.2, 0) is 16.6 Å². The summed E-state index contributed by atoms with van der Waals surface area (Å²) in [6.45, 7) is 11.3. The fraction of sp³-hybridized carbons (Fsp3) is 0.562. The Bertz CT molecular complexity index is 862. The molecule has 10 heteroatoms. The SMILES string of the molecule is CCNc1nc(C)cc(NCCNS(=O)(=O)c2c(C)nn(CC)c2C)n1. The summed E-state index contributed by atoms with van der Waals surface area (Å²) in [6.07, 6.45) is 0. The quantitative estimate of drug-likeness (QED) is 0.563. The van der Waals surface area contributed by atoms with Gasteiger partial charge in [0.05, 0.1) is 11.4 Å². The van der Waals surface area contributed by atoms with E-state index in [1.54, 1.807) is 18.5 Å². The van der Waals surface area contributed by atoms with E-state index in [0.717, 1.165) is 12.2 Å². The third-order valence-electron chi connectivity index (χ3n) is 3.80. The van der Waals surface area contributed by atoms with Crippen LogP contribution in [0.3, 0.4) is 0 Å². The highest BCUT2D eigenvalue weighted by atomic mass is 32.2. The van der Waals surface area contributed by atoms with Crippen molar-refractivity contribution < 1.29 is 8.42 Å². The zero-order valence-electron chi connectivity index (χ0n) is 15.9. The van der Waals surface area contributed by atoms with Gasteiger partial charge in [-0.2, -0.15) is 10.1 Å². The van der Waals surface area contributed by atoms with Crippen molar-refractivity contribution in [3.05, 3.63) is 23.1 Å². The van der Waals surface area contributed by atoms with Crippen molar-refractivity contribution in [2.45, 2.75) is 46.1 Å². The number of rotatable bonds is 9. The molecule has 0 aliphatic rings. The zero-order chi connectivity index (χ0) is 19.3. The largest absolute Gasteiger partial charge is 0.369 e. The summed E-state index contributed by atoms with van der Waals surface area (Å²) in [6, 6.07) is 1.81. The Morgan fingerprint density at radius 1 is 1.08 bits per heavy atom. The smallest absolute Gasteiger partial charge is 0.244 e. The monoisotopic (exact) mass is 381 g/mol. The van der Waals surface area contributed by atoms with Crippen LogP contribution in [0, 0.1) is 20.8 Å². The molecule has 0 aromatic carbocycles. The van der Waals surface area contributed by atoms with Gasteiger partial charge in [-0.25, -0.2) is 18.1 Å². The van der Waals surface area contributed by atoms with Crippen molar-refractivity contribution in [1.29, 1.82) is 0 Å². The van der Waals surface area contributed by atoms with Gasteiger partial charge in [0, 0.05) is 37.9 Å². The van der Waals surface area contributed by atoms with E-state index in [2.05, 4.69) is 30.4 Å². The summed E-state index contributed by atoms with van der Waals surface area (Å²) in [5, 5.41) is 10.4. The Hall–Kier alpha value is -2.20. The lowest BCUT2D eigenvalue weighted by molar-refractivity contribution is 0.580. The standard InChI is InChI=1S/C16H27N7O2S/c1-6-17-16-20-11(3)10-14(21-16)18-8-9-19-26(24,25)15-12(4)22-23(7-2)13(15)5/h10,19H,6-9H2,1-5H3,(H2,17,18,20,21). The molecule has 0 unspecified atom stereocenters. The van der Waals surface area contributed by atoms with Crippen LogP contribution in [0.2, 0.25) is 0 Å². The summed E-state index contributed by atoms with van der Waals surface area (Å²) < 4.78 is 29.5. The molecule has 0 saturated carbocycles. The van der Waals surface area contributed by atoms with Gasteiger partial charge in [0.2, 0.25) is 16.0 Å². The third-order valence-corrected chi connectivity index (χ3v) is 5.51. The number of hydrogen-bond acceptors (Lipinski definition) is 7. The van der Waals surface area contributed by atoms with Crippen molar-refractivity contribution >= 4 is 21.8 Å². The van der Waals surface area contributed by atoms with Gasteiger partial charge in [0.25, 0.3) is 0 Å². The van der Waals surface area contributed by atoms with Gasteiger partial charge in [0.1, 0.15) is 10.7 Å². The maximum Gasteiger partial charge on any atom is 0.244 e. The van der Waals surface area contributed by atoms with Gasteiger partial charge < -0.3 is 10.6 Å². The maximum atomic E-state index is 12.6. The van der Waals surface area contributed by atoms with Crippen LogP contribution in [0.1, 0.15) is 30.9 Å². The van der Waals surface area contributed by atoms with E-state index < -0.39 is 10.0 Å². The Morgan fingerprint density at radius 2 is 1.81 bits per heavy atom. The second kappa shape index (κ2) is 8.45. The molecule has 144 valence electrons. The maximum absolute atomic E-state index is 12.6. The molecular weight excluding hydrogens is 354 g/mol. The van der Waals surface area contributed by atoms with E-state index in [-0.39, 0.29) is 11.4 Å². The first kappa shape index (κ1) is 20.1. The Morgan fingerprint density at radius 3 is 2.42 bits per heavy atom. The molecule has 2 aromatic rings. The predicted molar refractivity (Wildman–Crippen MR) is 102 cm³/mol. The molecule has 2 rings (SSSR count). The lowest BCUT2D eigenvalue weighted by Gasteiger charge is -2.10. The highest BCUT2D eigenvalue weighted by molar-refractivity contribution is 7.89. The number of nitrogens with zero attached hydrogens (tertiary/aromatic N) is 4. The lowest BCUT2D eigenvalue weighted by Crippen LogP contribution is -2.30. The second-order valence-corrected chi connectivity index (χ2v) is 7.59. The molecule has 0 spiro atoms.